The molecule has 1 aliphatic carbocycles. The van der Waals surface area contributed by atoms with Crippen LogP contribution in [0.15, 0.2) is 91.0 Å². The van der Waals surface area contributed by atoms with Gasteiger partial charge >= 0.3 is 11.9 Å². The Bertz CT molecular complexity index is 1330. The minimum absolute atomic E-state index is 0.0527. The van der Waals surface area contributed by atoms with E-state index in [0.717, 1.165) is 24.0 Å². The molecule has 4 atom stereocenters. The molecule has 8 nitrogen and oxygen atoms in total. The number of hydrogen-bond acceptors (Lipinski definition) is 4. The summed E-state index contributed by atoms with van der Waals surface area (Å²) < 4.78 is 0. The molecule has 1 aliphatic rings. The summed E-state index contributed by atoms with van der Waals surface area (Å²) in [4.78, 5) is 53.4. The molecule has 0 heterocycles. The highest BCUT2D eigenvalue weighted by molar-refractivity contribution is 5.91. The highest BCUT2D eigenvalue weighted by Crippen LogP contribution is 2.33. The molecule has 0 aliphatic heterocycles. The van der Waals surface area contributed by atoms with Crippen LogP contribution in [-0.4, -0.2) is 45.4 Å². The van der Waals surface area contributed by atoms with Crippen molar-refractivity contribution < 1.29 is 29.4 Å². The maximum Gasteiger partial charge on any atom is 0.307 e. The molecule has 3 aromatic carbocycles. The second-order valence-electron chi connectivity index (χ2n) is 10.8. The zero-order valence-corrected chi connectivity index (χ0v) is 23.6. The van der Waals surface area contributed by atoms with Gasteiger partial charge in [0.25, 0.3) is 0 Å². The number of aliphatic carboxylic acids is 2. The van der Waals surface area contributed by atoms with E-state index in [-0.39, 0.29) is 13.0 Å². The predicted octanol–water partition coefficient (Wildman–Crippen LogP) is 5.41. The molecule has 4 rings (SSSR count). The van der Waals surface area contributed by atoms with Crippen LogP contribution < -0.4 is 5.32 Å². The number of carboxylic acid groups (broad SMARTS) is 2. The molecular formula is C34H38N2O6. The molecule has 0 radical (unpaired) electrons. The Morgan fingerprint density at radius 1 is 0.762 bits per heavy atom. The molecule has 220 valence electrons. The lowest BCUT2D eigenvalue weighted by atomic mass is 9.78. The van der Waals surface area contributed by atoms with E-state index in [2.05, 4.69) is 5.32 Å². The van der Waals surface area contributed by atoms with E-state index in [1.807, 2.05) is 66.7 Å². The largest absolute Gasteiger partial charge is 0.481 e. The monoisotopic (exact) mass is 570 g/mol. The lowest BCUT2D eigenvalue weighted by Gasteiger charge is -2.36. The summed E-state index contributed by atoms with van der Waals surface area (Å²) in [7, 11) is 0. The van der Waals surface area contributed by atoms with Crippen LogP contribution in [-0.2, 0) is 25.6 Å². The summed E-state index contributed by atoms with van der Waals surface area (Å²) in [6.07, 6.45) is 3.26. The number of carboxylic acids is 2. The third-order valence-corrected chi connectivity index (χ3v) is 8.05. The van der Waals surface area contributed by atoms with Crippen molar-refractivity contribution in [3.05, 3.63) is 108 Å². The Labute approximate surface area is 246 Å². The van der Waals surface area contributed by atoms with Gasteiger partial charge in [-0.05, 0) is 42.4 Å². The number of carbonyl (C=O) groups excluding carboxylic acids is 2. The first kappa shape index (κ1) is 30.5. The number of nitrogens with one attached hydrogen (secondary N) is 1. The highest BCUT2D eigenvalue weighted by Gasteiger charge is 2.39. The Hall–Kier alpha value is -4.46. The van der Waals surface area contributed by atoms with Gasteiger partial charge in [0.1, 0.15) is 6.04 Å². The molecule has 1 unspecified atom stereocenters. The van der Waals surface area contributed by atoms with Crippen molar-refractivity contribution in [1.29, 1.82) is 0 Å². The van der Waals surface area contributed by atoms with Crippen LogP contribution in [0.4, 0.5) is 0 Å². The normalized spacial score (nSPS) is 17.9. The van der Waals surface area contributed by atoms with Crippen LogP contribution in [0, 0.1) is 11.8 Å². The Morgan fingerprint density at radius 3 is 1.88 bits per heavy atom. The fourth-order valence-electron chi connectivity index (χ4n) is 5.85. The van der Waals surface area contributed by atoms with E-state index < -0.39 is 47.7 Å². The van der Waals surface area contributed by atoms with Crippen LogP contribution in [0.25, 0.3) is 0 Å². The average molecular weight is 571 g/mol. The first-order valence-corrected chi connectivity index (χ1v) is 14.5. The average Bonchev–Trinajstić information content (AvgIpc) is 3.02. The SMILES string of the molecule is O=C(O)CCN(C(=O)[C@@H](NC(=O)[C@@H]1CCCC[C@H]1C(=O)O)c1ccccc1)C(CCc1ccccc1)c1ccccc1. The van der Waals surface area contributed by atoms with Gasteiger partial charge in [0, 0.05) is 6.54 Å². The number of hydrogen-bond donors (Lipinski definition) is 3. The van der Waals surface area contributed by atoms with Crippen LogP contribution >= 0.6 is 0 Å². The number of nitrogens with zero attached hydrogens (tertiary/aromatic N) is 1. The minimum Gasteiger partial charge on any atom is -0.481 e. The molecule has 1 fully saturated rings. The van der Waals surface area contributed by atoms with Gasteiger partial charge in [0.15, 0.2) is 0 Å². The van der Waals surface area contributed by atoms with Gasteiger partial charge in [0.05, 0.1) is 24.3 Å². The summed E-state index contributed by atoms with van der Waals surface area (Å²) in [5, 5.41) is 22.3. The number of rotatable bonds is 13. The lowest BCUT2D eigenvalue weighted by molar-refractivity contribution is -0.149. The van der Waals surface area contributed by atoms with Crippen LogP contribution in [0.3, 0.4) is 0 Å². The standard InChI is InChI=1S/C34H38N2O6/c37-30(38)22-23-36(29(25-14-6-2-7-15-25)21-20-24-12-4-1-5-13-24)33(40)31(26-16-8-3-9-17-26)35-32(39)27-18-10-11-19-28(27)34(41)42/h1-9,12-17,27-29,31H,10-11,18-23H2,(H,35,39)(H,37,38)(H,41,42)/t27-,28-,29?,31+/m1/s1. The van der Waals surface area contributed by atoms with E-state index in [4.69, 9.17) is 0 Å². The molecule has 0 aromatic heterocycles. The summed E-state index contributed by atoms with van der Waals surface area (Å²) >= 11 is 0. The van der Waals surface area contributed by atoms with Crippen molar-refractivity contribution >= 4 is 23.8 Å². The Morgan fingerprint density at radius 2 is 1.31 bits per heavy atom. The van der Waals surface area contributed by atoms with Crippen LogP contribution in [0.5, 0.6) is 0 Å². The summed E-state index contributed by atoms with van der Waals surface area (Å²) in [5.74, 6) is -4.49. The summed E-state index contributed by atoms with van der Waals surface area (Å²) in [6.45, 7) is -0.0527. The molecule has 2 amide bonds. The van der Waals surface area contributed by atoms with Crippen LogP contribution in [0.2, 0.25) is 0 Å². The molecule has 3 aromatic rings. The van der Waals surface area contributed by atoms with Gasteiger partial charge < -0.3 is 20.4 Å². The fourth-order valence-corrected chi connectivity index (χ4v) is 5.85. The third-order valence-electron chi connectivity index (χ3n) is 8.05. The molecule has 8 heteroatoms. The van der Waals surface area contributed by atoms with Crippen molar-refractivity contribution in [3.8, 4) is 0 Å². The summed E-state index contributed by atoms with van der Waals surface area (Å²) in [6, 6.07) is 26.7. The van der Waals surface area contributed by atoms with E-state index in [1.54, 1.807) is 29.2 Å². The molecule has 42 heavy (non-hydrogen) atoms. The zero-order chi connectivity index (χ0) is 29.9. The predicted molar refractivity (Wildman–Crippen MR) is 158 cm³/mol. The molecule has 0 saturated heterocycles. The quantitative estimate of drug-likeness (QED) is 0.252. The smallest absolute Gasteiger partial charge is 0.307 e. The minimum atomic E-state index is -1.10. The molecule has 0 bridgehead atoms. The molecule has 1 saturated carbocycles. The van der Waals surface area contributed by atoms with E-state index in [1.165, 1.54) is 0 Å². The van der Waals surface area contributed by atoms with Gasteiger partial charge in [0.2, 0.25) is 11.8 Å². The van der Waals surface area contributed by atoms with E-state index >= 15 is 0 Å². The topological polar surface area (TPSA) is 124 Å². The number of aryl methyl sites for hydroxylation is 1. The van der Waals surface area contributed by atoms with Gasteiger partial charge in [-0.15, -0.1) is 0 Å². The first-order valence-electron chi connectivity index (χ1n) is 14.5. The maximum atomic E-state index is 14.5. The lowest BCUT2D eigenvalue weighted by Crippen LogP contribution is -2.48. The number of amides is 2. The maximum absolute atomic E-state index is 14.5. The van der Waals surface area contributed by atoms with E-state index in [0.29, 0.717) is 31.2 Å². The second kappa shape index (κ2) is 15.0. The van der Waals surface area contributed by atoms with Crippen molar-refractivity contribution in [2.45, 2.75) is 57.0 Å². The van der Waals surface area contributed by atoms with Crippen LogP contribution in [0.1, 0.15) is 67.3 Å². The van der Waals surface area contributed by atoms with Crippen molar-refractivity contribution in [1.82, 2.24) is 10.2 Å². The Kier molecular flexibility index (Phi) is 10.9. The van der Waals surface area contributed by atoms with Gasteiger partial charge in [-0.3, -0.25) is 19.2 Å². The van der Waals surface area contributed by atoms with Gasteiger partial charge in [-0.1, -0.05) is 104 Å². The van der Waals surface area contributed by atoms with Crippen molar-refractivity contribution in [3.63, 3.8) is 0 Å². The second-order valence-corrected chi connectivity index (χ2v) is 10.8. The molecule has 0 spiro atoms. The van der Waals surface area contributed by atoms with E-state index in [9.17, 15) is 29.4 Å². The van der Waals surface area contributed by atoms with Crippen molar-refractivity contribution in [2.24, 2.45) is 11.8 Å². The first-order chi connectivity index (χ1) is 20.3. The third kappa shape index (κ3) is 8.06. The molecule has 3 N–H and O–H groups in total. The Balaban J connectivity index is 1.70. The number of carbonyl (C=O) groups is 4. The van der Waals surface area contributed by atoms with Gasteiger partial charge in [-0.2, -0.15) is 0 Å². The highest BCUT2D eigenvalue weighted by atomic mass is 16.4. The summed E-state index contributed by atoms with van der Waals surface area (Å²) in [5.41, 5.74) is 2.51. The zero-order valence-electron chi connectivity index (χ0n) is 23.6. The van der Waals surface area contributed by atoms with Gasteiger partial charge in [-0.25, -0.2) is 0 Å². The molecular weight excluding hydrogens is 532 g/mol. The number of benzene rings is 3. The fraction of sp³-hybridized carbons (Fsp3) is 0.353. The van der Waals surface area contributed by atoms with Crippen molar-refractivity contribution in [2.75, 3.05) is 6.54 Å².